The van der Waals surface area contributed by atoms with Crippen molar-refractivity contribution in [2.75, 3.05) is 17.2 Å². The summed E-state index contributed by atoms with van der Waals surface area (Å²) in [6.45, 7) is 2.85. The van der Waals surface area contributed by atoms with Crippen LogP contribution in [0, 0.1) is 17.1 Å². The van der Waals surface area contributed by atoms with Crippen LogP contribution in [0.4, 0.5) is 10.1 Å². The van der Waals surface area contributed by atoms with Crippen LogP contribution in [-0.2, 0) is 11.3 Å². The van der Waals surface area contributed by atoms with E-state index < -0.39 is 0 Å². The number of carbonyl (C=O) groups is 1. The number of halogens is 2. The first-order valence-electron chi connectivity index (χ1n) is 9.28. The smallest absolute Gasteiger partial charge is 0.237 e. The molecule has 0 fully saturated rings. The molecule has 6 nitrogen and oxygen atoms in total. The van der Waals surface area contributed by atoms with Gasteiger partial charge in [0, 0.05) is 29.4 Å². The zero-order chi connectivity index (χ0) is 21.5. The third-order valence-corrected chi connectivity index (χ3v) is 5.55. The normalized spacial score (nSPS) is 10.6. The zero-order valence-electron chi connectivity index (χ0n) is 16.3. The van der Waals surface area contributed by atoms with Crippen molar-refractivity contribution < 1.29 is 9.18 Å². The molecule has 0 bridgehead atoms. The SMILES string of the molecule is CCn1c(SCC(=O)N(CCC#N)c2ccc(F)cc2)nnc1-c1ccc(Cl)cc1. The lowest BCUT2D eigenvalue weighted by Gasteiger charge is -2.21. The van der Waals surface area contributed by atoms with Crippen LogP contribution in [0.1, 0.15) is 13.3 Å². The maximum absolute atomic E-state index is 13.2. The summed E-state index contributed by atoms with van der Waals surface area (Å²) in [4.78, 5) is 14.3. The van der Waals surface area contributed by atoms with E-state index in [1.807, 2.05) is 29.7 Å². The van der Waals surface area contributed by atoms with Gasteiger partial charge in [-0.05, 0) is 55.5 Å². The number of aromatic nitrogens is 3. The number of rotatable bonds is 8. The second-order valence-electron chi connectivity index (χ2n) is 6.28. The van der Waals surface area contributed by atoms with Crippen molar-refractivity contribution in [3.8, 4) is 17.5 Å². The van der Waals surface area contributed by atoms with Crippen LogP contribution in [0.5, 0.6) is 0 Å². The van der Waals surface area contributed by atoms with Gasteiger partial charge < -0.3 is 9.47 Å². The highest BCUT2D eigenvalue weighted by Gasteiger charge is 2.19. The minimum absolute atomic E-state index is 0.113. The second-order valence-corrected chi connectivity index (χ2v) is 7.65. The number of amides is 1. The highest BCUT2D eigenvalue weighted by atomic mass is 35.5. The number of benzene rings is 2. The Morgan fingerprint density at radius 2 is 1.90 bits per heavy atom. The molecule has 154 valence electrons. The van der Waals surface area contributed by atoms with E-state index >= 15 is 0 Å². The molecule has 30 heavy (non-hydrogen) atoms. The van der Waals surface area contributed by atoms with Crippen LogP contribution in [0.15, 0.2) is 53.7 Å². The number of anilines is 1. The molecule has 9 heteroatoms. The summed E-state index contributed by atoms with van der Waals surface area (Å²) in [6, 6.07) is 15.0. The van der Waals surface area contributed by atoms with Crippen LogP contribution in [-0.4, -0.2) is 33.0 Å². The summed E-state index contributed by atoms with van der Waals surface area (Å²) >= 11 is 7.23. The summed E-state index contributed by atoms with van der Waals surface area (Å²) < 4.78 is 15.2. The maximum atomic E-state index is 13.2. The highest BCUT2D eigenvalue weighted by molar-refractivity contribution is 7.99. The van der Waals surface area contributed by atoms with Gasteiger partial charge in [0.15, 0.2) is 11.0 Å². The Hall–Kier alpha value is -2.89. The Balaban J connectivity index is 1.76. The van der Waals surface area contributed by atoms with E-state index in [-0.39, 0.29) is 30.4 Å². The van der Waals surface area contributed by atoms with E-state index in [0.717, 1.165) is 5.56 Å². The highest BCUT2D eigenvalue weighted by Crippen LogP contribution is 2.26. The minimum atomic E-state index is -0.383. The first-order valence-corrected chi connectivity index (χ1v) is 10.6. The van der Waals surface area contributed by atoms with E-state index in [4.69, 9.17) is 16.9 Å². The Morgan fingerprint density at radius 1 is 1.20 bits per heavy atom. The van der Waals surface area contributed by atoms with Gasteiger partial charge in [0.2, 0.25) is 5.91 Å². The molecule has 0 saturated heterocycles. The number of hydrogen-bond acceptors (Lipinski definition) is 5. The molecule has 2 aromatic carbocycles. The first-order chi connectivity index (χ1) is 14.5. The van der Waals surface area contributed by atoms with E-state index in [1.54, 1.807) is 12.1 Å². The number of thioether (sulfide) groups is 1. The van der Waals surface area contributed by atoms with Gasteiger partial charge >= 0.3 is 0 Å². The molecule has 1 aromatic heterocycles. The van der Waals surface area contributed by atoms with Gasteiger partial charge in [0.25, 0.3) is 0 Å². The summed E-state index contributed by atoms with van der Waals surface area (Å²) in [5, 5.41) is 18.7. The third-order valence-electron chi connectivity index (χ3n) is 4.35. The Bertz CT molecular complexity index is 1050. The van der Waals surface area contributed by atoms with Gasteiger partial charge in [-0.2, -0.15) is 5.26 Å². The van der Waals surface area contributed by atoms with Crippen molar-refractivity contribution in [3.05, 3.63) is 59.4 Å². The van der Waals surface area contributed by atoms with Crippen molar-refractivity contribution in [1.29, 1.82) is 5.26 Å². The predicted molar refractivity (Wildman–Crippen MR) is 116 cm³/mol. The van der Waals surface area contributed by atoms with Gasteiger partial charge in [0.05, 0.1) is 18.2 Å². The Kier molecular flexibility index (Phi) is 7.44. The molecule has 0 unspecified atom stereocenters. The predicted octanol–water partition coefficient (Wildman–Crippen LogP) is 4.80. The van der Waals surface area contributed by atoms with Gasteiger partial charge in [-0.1, -0.05) is 23.4 Å². The van der Waals surface area contributed by atoms with Crippen LogP contribution < -0.4 is 4.90 Å². The molecule has 0 aliphatic rings. The fourth-order valence-corrected chi connectivity index (χ4v) is 3.88. The van der Waals surface area contributed by atoms with Gasteiger partial charge in [0.1, 0.15) is 5.82 Å². The van der Waals surface area contributed by atoms with E-state index in [2.05, 4.69) is 10.2 Å². The van der Waals surface area contributed by atoms with Crippen LogP contribution in [0.3, 0.4) is 0 Å². The molecule has 0 saturated carbocycles. The lowest BCUT2D eigenvalue weighted by atomic mass is 10.2. The van der Waals surface area contributed by atoms with Crippen LogP contribution in [0.25, 0.3) is 11.4 Å². The number of hydrogen-bond donors (Lipinski definition) is 0. The second kappa shape index (κ2) is 10.2. The monoisotopic (exact) mass is 443 g/mol. The molecule has 1 amide bonds. The van der Waals surface area contributed by atoms with Crippen LogP contribution >= 0.6 is 23.4 Å². The topological polar surface area (TPSA) is 74.8 Å². The average Bonchev–Trinajstić information content (AvgIpc) is 3.17. The minimum Gasteiger partial charge on any atom is -0.311 e. The number of nitriles is 1. The van der Waals surface area contributed by atoms with Crippen molar-refractivity contribution in [1.82, 2.24) is 14.8 Å². The van der Waals surface area contributed by atoms with Crippen molar-refractivity contribution >= 4 is 35.0 Å². The Labute approximate surface area is 183 Å². The lowest BCUT2D eigenvalue weighted by molar-refractivity contribution is -0.116. The van der Waals surface area contributed by atoms with Gasteiger partial charge in [-0.25, -0.2) is 4.39 Å². The molecule has 0 N–H and O–H groups in total. The van der Waals surface area contributed by atoms with Gasteiger partial charge in [-0.15, -0.1) is 10.2 Å². The van der Waals surface area contributed by atoms with Crippen molar-refractivity contribution in [2.24, 2.45) is 0 Å². The number of carbonyl (C=O) groups excluding carboxylic acids is 1. The Morgan fingerprint density at radius 3 is 2.53 bits per heavy atom. The molecule has 1 heterocycles. The fourth-order valence-electron chi connectivity index (χ4n) is 2.88. The fraction of sp³-hybridized carbons (Fsp3) is 0.238. The third kappa shape index (κ3) is 5.17. The summed E-state index contributed by atoms with van der Waals surface area (Å²) in [5.74, 6) is 0.234. The van der Waals surface area contributed by atoms with E-state index in [1.165, 1.54) is 40.9 Å². The summed E-state index contributed by atoms with van der Waals surface area (Å²) in [7, 11) is 0. The molecule has 0 radical (unpaired) electrons. The maximum Gasteiger partial charge on any atom is 0.237 e. The molecular weight excluding hydrogens is 425 g/mol. The lowest BCUT2D eigenvalue weighted by Crippen LogP contribution is -2.33. The van der Waals surface area contributed by atoms with Crippen LogP contribution in [0.2, 0.25) is 5.02 Å². The van der Waals surface area contributed by atoms with Gasteiger partial charge in [-0.3, -0.25) is 4.79 Å². The largest absolute Gasteiger partial charge is 0.311 e. The quantitative estimate of drug-likeness (QED) is 0.467. The molecule has 0 aliphatic heterocycles. The molecule has 0 aliphatic carbocycles. The van der Waals surface area contributed by atoms with E-state index in [0.29, 0.717) is 28.2 Å². The molecule has 3 aromatic rings. The van der Waals surface area contributed by atoms with E-state index in [9.17, 15) is 9.18 Å². The summed E-state index contributed by atoms with van der Waals surface area (Å²) in [6.07, 6.45) is 0.180. The molecule has 0 spiro atoms. The van der Waals surface area contributed by atoms with Crippen molar-refractivity contribution in [2.45, 2.75) is 25.0 Å². The summed E-state index contributed by atoms with van der Waals surface area (Å²) in [5.41, 5.74) is 1.44. The van der Waals surface area contributed by atoms with Crippen molar-refractivity contribution in [3.63, 3.8) is 0 Å². The molecular formula is C21H19ClFN5OS. The standard InChI is InChI=1S/C21H19ClFN5OS/c1-2-27-20(15-4-6-16(22)7-5-15)25-26-21(27)30-14-19(29)28(13-3-12-24)18-10-8-17(23)9-11-18/h4-11H,2-3,13-14H2,1H3. The number of nitrogens with zero attached hydrogens (tertiary/aromatic N) is 5. The molecule has 0 atom stereocenters. The molecule has 3 rings (SSSR count). The zero-order valence-corrected chi connectivity index (χ0v) is 17.8. The average molecular weight is 444 g/mol. The first kappa shape index (κ1) is 21.8.